The number of carbonyl (C=O) groups is 1. The van der Waals surface area contributed by atoms with Gasteiger partial charge in [0, 0.05) is 24.0 Å². The second-order valence-corrected chi connectivity index (χ2v) is 16.7. The van der Waals surface area contributed by atoms with Gasteiger partial charge in [-0.25, -0.2) is 4.79 Å². The highest BCUT2D eigenvalue weighted by atomic mass is 28.4. The van der Waals surface area contributed by atoms with Gasteiger partial charge in [-0.05, 0) is 61.9 Å². The number of ether oxygens (including phenoxy) is 1. The van der Waals surface area contributed by atoms with Crippen molar-refractivity contribution < 1.29 is 18.4 Å². The molecule has 6 nitrogen and oxygen atoms in total. The molecule has 4 rings (SSSR count). The Bertz CT molecular complexity index is 1130. The Kier molecular flexibility index (Phi) is 6.18. The number of fused-ring (bicyclic) bond motifs is 2. The van der Waals surface area contributed by atoms with E-state index in [0.29, 0.717) is 29.6 Å². The first-order valence-electron chi connectivity index (χ1n) is 12.2. The van der Waals surface area contributed by atoms with Crippen LogP contribution in [0.2, 0.25) is 18.1 Å². The number of pyridine rings is 1. The van der Waals surface area contributed by atoms with E-state index in [1.54, 1.807) is 24.5 Å². The van der Waals surface area contributed by atoms with Crippen LogP contribution in [0.15, 0.2) is 39.8 Å². The van der Waals surface area contributed by atoms with E-state index in [1.807, 2.05) is 13.0 Å². The first-order chi connectivity index (χ1) is 15.7. The SMILES string of the molecule is CC(C)[C@@H]1CC(O[Si](C)(C)C(C)(C)C)[C@@]2(C)Oc3cc(-c4cccnc4)oc(=O)c3C(=O)[C@@H]2C1. The number of hydrogen-bond donors (Lipinski definition) is 0. The van der Waals surface area contributed by atoms with Crippen molar-refractivity contribution in [1.29, 1.82) is 0 Å². The molecule has 0 bridgehead atoms. The maximum Gasteiger partial charge on any atom is 0.351 e. The zero-order valence-corrected chi connectivity index (χ0v) is 22.6. The summed E-state index contributed by atoms with van der Waals surface area (Å²) in [6.07, 6.45) is 4.54. The third-order valence-electron chi connectivity index (χ3n) is 8.33. The Balaban J connectivity index is 1.81. The standard InChI is InChI=1S/C27H37NO5Si/c1-16(2)18-12-19-24(29)23-21(14-20(31-25(23)30)17-10-9-11-28-15-17)32-27(19,6)22(13-18)33-34(7,8)26(3,4)5/h9-11,14-16,18-19,22H,12-13H2,1-8H3/t18-,19-,22?,27-/m0/s1. The molecule has 2 aromatic heterocycles. The van der Waals surface area contributed by atoms with Crippen LogP contribution in [0.1, 0.15) is 64.7 Å². The molecule has 7 heteroatoms. The Morgan fingerprint density at radius 1 is 1.21 bits per heavy atom. The van der Waals surface area contributed by atoms with E-state index in [1.165, 1.54) is 0 Å². The Morgan fingerprint density at radius 2 is 1.91 bits per heavy atom. The molecule has 0 N–H and O–H groups in total. The summed E-state index contributed by atoms with van der Waals surface area (Å²) < 4.78 is 19.1. The van der Waals surface area contributed by atoms with Crippen LogP contribution in [-0.2, 0) is 4.43 Å². The number of aromatic nitrogens is 1. The fourth-order valence-electron chi connectivity index (χ4n) is 4.95. The monoisotopic (exact) mass is 483 g/mol. The van der Waals surface area contributed by atoms with Crippen molar-refractivity contribution in [2.75, 3.05) is 0 Å². The van der Waals surface area contributed by atoms with Crippen LogP contribution in [-0.4, -0.2) is 30.8 Å². The molecule has 0 radical (unpaired) electrons. The van der Waals surface area contributed by atoms with Gasteiger partial charge in [0.1, 0.15) is 22.7 Å². The van der Waals surface area contributed by atoms with Gasteiger partial charge >= 0.3 is 5.63 Å². The summed E-state index contributed by atoms with van der Waals surface area (Å²) in [6, 6.07) is 5.24. The molecule has 4 atom stereocenters. The van der Waals surface area contributed by atoms with Gasteiger partial charge in [0.15, 0.2) is 14.1 Å². The average Bonchev–Trinajstić information content (AvgIpc) is 2.73. The van der Waals surface area contributed by atoms with Crippen LogP contribution in [0.5, 0.6) is 5.75 Å². The van der Waals surface area contributed by atoms with Crippen molar-refractivity contribution in [2.24, 2.45) is 17.8 Å². The number of Topliss-reactive ketones (excluding diaryl/α,β-unsaturated/α-hetero) is 1. The number of carbonyl (C=O) groups excluding carboxylic acids is 1. The van der Waals surface area contributed by atoms with Crippen LogP contribution < -0.4 is 10.4 Å². The number of nitrogens with zero attached hydrogens (tertiary/aromatic N) is 1. The van der Waals surface area contributed by atoms with Crippen molar-refractivity contribution in [3.8, 4) is 17.1 Å². The fraction of sp³-hybridized carbons (Fsp3) is 0.593. The molecule has 184 valence electrons. The minimum absolute atomic E-state index is 0.0191. The predicted molar refractivity (Wildman–Crippen MR) is 135 cm³/mol. The maximum atomic E-state index is 13.8. The predicted octanol–water partition coefficient (Wildman–Crippen LogP) is 6.11. The van der Waals surface area contributed by atoms with Gasteiger partial charge < -0.3 is 13.6 Å². The van der Waals surface area contributed by atoms with Crippen LogP contribution >= 0.6 is 0 Å². The third kappa shape index (κ3) is 4.17. The normalized spacial score (nSPS) is 27.2. The van der Waals surface area contributed by atoms with E-state index >= 15 is 0 Å². The molecule has 1 aliphatic carbocycles. The molecule has 1 aliphatic heterocycles. The van der Waals surface area contributed by atoms with Crippen LogP contribution in [0.4, 0.5) is 0 Å². The lowest BCUT2D eigenvalue weighted by atomic mass is 9.64. The van der Waals surface area contributed by atoms with Gasteiger partial charge in [-0.3, -0.25) is 9.78 Å². The molecular formula is C27H37NO5Si. The second-order valence-electron chi connectivity index (χ2n) is 11.9. The topological polar surface area (TPSA) is 78.6 Å². The van der Waals surface area contributed by atoms with Gasteiger partial charge in [0.2, 0.25) is 0 Å². The van der Waals surface area contributed by atoms with E-state index in [2.05, 4.69) is 52.7 Å². The van der Waals surface area contributed by atoms with Crippen molar-refractivity contribution in [2.45, 2.75) is 84.2 Å². The highest BCUT2D eigenvalue weighted by Crippen LogP contribution is 2.51. The highest BCUT2D eigenvalue weighted by Gasteiger charge is 2.58. The summed E-state index contributed by atoms with van der Waals surface area (Å²) in [5.74, 6) is 0.680. The Morgan fingerprint density at radius 3 is 2.50 bits per heavy atom. The van der Waals surface area contributed by atoms with Crippen molar-refractivity contribution in [3.05, 3.63) is 46.6 Å². The van der Waals surface area contributed by atoms with Gasteiger partial charge in [-0.15, -0.1) is 0 Å². The Labute approximate surface area is 203 Å². The smallest absolute Gasteiger partial charge is 0.351 e. The van der Waals surface area contributed by atoms with Crippen LogP contribution in [0, 0.1) is 17.8 Å². The Hall–Kier alpha value is -2.25. The molecule has 3 heterocycles. The zero-order chi connectivity index (χ0) is 25.1. The average molecular weight is 484 g/mol. The van der Waals surface area contributed by atoms with Gasteiger partial charge in [0.05, 0.1) is 12.0 Å². The summed E-state index contributed by atoms with van der Waals surface area (Å²) in [5.41, 5.74) is -0.837. The quantitative estimate of drug-likeness (QED) is 0.488. The largest absolute Gasteiger partial charge is 0.483 e. The molecule has 0 amide bonds. The van der Waals surface area contributed by atoms with Crippen molar-refractivity contribution in [1.82, 2.24) is 4.98 Å². The lowest BCUT2D eigenvalue weighted by Crippen LogP contribution is -2.64. The lowest BCUT2D eigenvalue weighted by molar-refractivity contribution is -0.111. The molecule has 1 unspecified atom stereocenters. The molecular weight excluding hydrogens is 446 g/mol. The minimum Gasteiger partial charge on any atom is -0.483 e. The van der Waals surface area contributed by atoms with E-state index in [9.17, 15) is 9.59 Å². The first kappa shape index (κ1) is 24.9. The molecule has 0 spiro atoms. The zero-order valence-electron chi connectivity index (χ0n) is 21.6. The molecule has 1 fully saturated rings. The fourth-order valence-corrected chi connectivity index (χ4v) is 6.34. The molecule has 0 saturated heterocycles. The maximum absolute atomic E-state index is 13.8. The molecule has 0 aromatic carbocycles. The third-order valence-corrected chi connectivity index (χ3v) is 12.8. The van der Waals surface area contributed by atoms with Crippen LogP contribution in [0.3, 0.4) is 0 Å². The molecule has 34 heavy (non-hydrogen) atoms. The minimum atomic E-state index is -2.15. The van der Waals surface area contributed by atoms with Gasteiger partial charge in [-0.1, -0.05) is 34.6 Å². The molecule has 2 aliphatic rings. The summed E-state index contributed by atoms with van der Waals surface area (Å²) in [6.45, 7) is 17.5. The first-order valence-corrected chi connectivity index (χ1v) is 15.1. The highest BCUT2D eigenvalue weighted by molar-refractivity contribution is 6.74. The number of ketones is 1. The van der Waals surface area contributed by atoms with E-state index < -0.39 is 25.5 Å². The summed E-state index contributed by atoms with van der Waals surface area (Å²) >= 11 is 0. The summed E-state index contributed by atoms with van der Waals surface area (Å²) in [4.78, 5) is 30.9. The van der Waals surface area contributed by atoms with E-state index in [4.69, 9.17) is 13.6 Å². The second kappa shape index (κ2) is 8.45. The lowest BCUT2D eigenvalue weighted by Gasteiger charge is -2.54. The van der Waals surface area contributed by atoms with Crippen molar-refractivity contribution >= 4 is 14.1 Å². The van der Waals surface area contributed by atoms with Gasteiger partial charge in [0.25, 0.3) is 0 Å². The number of rotatable bonds is 4. The number of hydrogen-bond acceptors (Lipinski definition) is 6. The van der Waals surface area contributed by atoms with E-state index in [0.717, 1.165) is 6.42 Å². The molecule has 2 aromatic rings. The van der Waals surface area contributed by atoms with Crippen LogP contribution in [0.25, 0.3) is 11.3 Å². The molecule has 1 saturated carbocycles. The summed E-state index contributed by atoms with van der Waals surface area (Å²) in [5, 5.41) is 0.0226. The van der Waals surface area contributed by atoms with Gasteiger partial charge in [-0.2, -0.15) is 0 Å². The van der Waals surface area contributed by atoms with E-state index in [-0.39, 0.29) is 28.2 Å². The summed E-state index contributed by atoms with van der Waals surface area (Å²) in [7, 11) is -2.15. The van der Waals surface area contributed by atoms with Crippen molar-refractivity contribution in [3.63, 3.8) is 0 Å².